The zero-order valence-electron chi connectivity index (χ0n) is 12.2. The van der Waals surface area contributed by atoms with E-state index in [0.29, 0.717) is 0 Å². The molecule has 2 rings (SSSR count). The molecule has 1 atom stereocenters. The van der Waals surface area contributed by atoms with E-state index < -0.39 is 11.9 Å². The number of carbonyl (C=O) groups is 1. The molecule has 0 aliphatic rings. The summed E-state index contributed by atoms with van der Waals surface area (Å²) in [7, 11) is 0. The molecular formula is C16H21N3O2. The molecule has 0 spiro atoms. The maximum absolute atomic E-state index is 10.9. The Kier molecular flexibility index (Phi) is 5.51. The number of hydrogen-bond donors (Lipinski definition) is 2. The lowest BCUT2D eigenvalue weighted by Gasteiger charge is -2.09. The highest BCUT2D eigenvalue weighted by molar-refractivity contribution is 5.75. The maximum Gasteiger partial charge on any atom is 0.310 e. The number of aryl methyl sites for hydroxylation is 1. The summed E-state index contributed by atoms with van der Waals surface area (Å²) in [6.45, 7) is 4.33. The van der Waals surface area contributed by atoms with Gasteiger partial charge in [-0.15, -0.1) is 0 Å². The summed E-state index contributed by atoms with van der Waals surface area (Å²) in [4.78, 5) is 10.9. The van der Waals surface area contributed by atoms with Gasteiger partial charge in [0.25, 0.3) is 0 Å². The van der Waals surface area contributed by atoms with Crippen molar-refractivity contribution in [3.8, 4) is 0 Å². The van der Waals surface area contributed by atoms with Crippen molar-refractivity contribution in [2.75, 3.05) is 6.54 Å². The first kappa shape index (κ1) is 15.3. The van der Waals surface area contributed by atoms with E-state index in [2.05, 4.69) is 10.4 Å². The number of rotatable bonds is 8. The number of carboxylic acid groups (broad SMARTS) is 1. The van der Waals surface area contributed by atoms with Crippen LogP contribution in [-0.4, -0.2) is 27.4 Å². The number of nitrogens with one attached hydrogen (secondary N) is 1. The lowest BCUT2D eigenvalue weighted by molar-refractivity contribution is -0.138. The first-order chi connectivity index (χ1) is 10.2. The topological polar surface area (TPSA) is 67.2 Å². The second kappa shape index (κ2) is 7.59. The quantitative estimate of drug-likeness (QED) is 0.731. The Morgan fingerprint density at radius 1 is 1.38 bits per heavy atom. The second-order valence-electron chi connectivity index (χ2n) is 5.10. The maximum atomic E-state index is 10.9. The lowest BCUT2D eigenvalue weighted by atomic mass is 10.0. The van der Waals surface area contributed by atoms with Gasteiger partial charge in [-0.25, -0.2) is 0 Å². The summed E-state index contributed by atoms with van der Waals surface area (Å²) in [5.41, 5.74) is 2.00. The van der Waals surface area contributed by atoms with E-state index in [9.17, 15) is 4.79 Å². The van der Waals surface area contributed by atoms with E-state index in [0.717, 1.165) is 37.2 Å². The van der Waals surface area contributed by atoms with Gasteiger partial charge in [0.15, 0.2) is 0 Å². The normalized spacial score (nSPS) is 12.2. The fraction of sp³-hybridized carbons (Fsp3) is 0.375. The van der Waals surface area contributed by atoms with Crippen LogP contribution in [0.25, 0.3) is 0 Å². The van der Waals surface area contributed by atoms with Crippen LogP contribution in [0.5, 0.6) is 0 Å². The van der Waals surface area contributed by atoms with Gasteiger partial charge in [0.2, 0.25) is 0 Å². The van der Waals surface area contributed by atoms with Crippen LogP contribution in [0.15, 0.2) is 42.7 Å². The van der Waals surface area contributed by atoms with Gasteiger partial charge in [0, 0.05) is 25.5 Å². The smallest absolute Gasteiger partial charge is 0.310 e. The Labute approximate surface area is 124 Å². The minimum Gasteiger partial charge on any atom is -0.481 e. The molecule has 5 nitrogen and oxygen atoms in total. The molecule has 1 aromatic heterocycles. The number of nitrogens with zero attached hydrogens (tertiary/aromatic N) is 2. The fourth-order valence-corrected chi connectivity index (χ4v) is 2.10. The standard InChI is InChI=1S/C16H21N3O2/c1-13(16(20)21)15-6-4-14(5-7-15)12-17-8-2-10-19-11-3-9-18-19/h3-7,9,11,13,17H,2,8,10,12H2,1H3,(H,20,21). The second-order valence-corrected chi connectivity index (χ2v) is 5.10. The third-order valence-corrected chi connectivity index (χ3v) is 3.48. The van der Waals surface area contributed by atoms with Gasteiger partial charge in [-0.3, -0.25) is 9.48 Å². The number of aromatic nitrogens is 2. The van der Waals surface area contributed by atoms with E-state index >= 15 is 0 Å². The highest BCUT2D eigenvalue weighted by Gasteiger charge is 2.12. The summed E-state index contributed by atoms with van der Waals surface area (Å²) in [5, 5.41) is 16.5. The van der Waals surface area contributed by atoms with Crippen LogP contribution in [0.4, 0.5) is 0 Å². The largest absolute Gasteiger partial charge is 0.481 e. The van der Waals surface area contributed by atoms with Crippen LogP contribution in [0.2, 0.25) is 0 Å². The minimum atomic E-state index is -0.792. The Morgan fingerprint density at radius 3 is 2.76 bits per heavy atom. The van der Waals surface area contributed by atoms with Gasteiger partial charge in [0.1, 0.15) is 0 Å². The van der Waals surface area contributed by atoms with Crippen molar-refractivity contribution in [3.05, 3.63) is 53.9 Å². The highest BCUT2D eigenvalue weighted by atomic mass is 16.4. The first-order valence-corrected chi connectivity index (χ1v) is 7.16. The third kappa shape index (κ3) is 4.72. The zero-order valence-corrected chi connectivity index (χ0v) is 12.2. The molecule has 0 aliphatic carbocycles. The molecule has 1 heterocycles. The molecule has 112 valence electrons. The Bertz CT molecular complexity index is 549. The van der Waals surface area contributed by atoms with Crippen LogP contribution >= 0.6 is 0 Å². The molecule has 0 saturated carbocycles. The predicted octanol–water partition coefficient (Wildman–Crippen LogP) is 2.25. The van der Waals surface area contributed by atoms with Crippen molar-refractivity contribution >= 4 is 5.97 Å². The van der Waals surface area contributed by atoms with Crippen molar-refractivity contribution in [2.45, 2.75) is 32.4 Å². The molecule has 0 aliphatic heterocycles. The molecule has 2 aromatic rings. The Balaban J connectivity index is 1.70. The fourth-order valence-electron chi connectivity index (χ4n) is 2.10. The molecule has 5 heteroatoms. The number of benzene rings is 1. The van der Waals surface area contributed by atoms with Crippen LogP contribution in [-0.2, 0) is 17.9 Å². The summed E-state index contributed by atoms with van der Waals surface area (Å²) in [5.74, 6) is -1.25. The number of hydrogen-bond acceptors (Lipinski definition) is 3. The van der Waals surface area contributed by atoms with Crippen molar-refractivity contribution < 1.29 is 9.90 Å². The summed E-state index contributed by atoms with van der Waals surface area (Å²) in [6, 6.07) is 9.66. The number of carboxylic acids is 1. The van der Waals surface area contributed by atoms with Crippen molar-refractivity contribution in [1.82, 2.24) is 15.1 Å². The molecule has 0 saturated heterocycles. The SMILES string of the molecule is CC(C(=O)O)c1ccc(CNCCCn2cccn2)cc1. The molecule has 2 N–H and O–H groups in total. The van der Waals surface area contributed by atoms with Gasteiger partial charge in [-0.05, 0) is 37.1 Å². The molecule has 0 fully saturated rings. The summed E-state index contributed by atoms with van der Waals surface area (Å²) >= 11 is 0. The summed E-state index contributed by atoms with van der Waals surface area (Å²) in [6.07, 6.45) is 4.77. The van der Waals surface area contributed by atoms with Crippen molar-refractivity contribution in [1.29, 1.82) is 0 Å². The van der Waals surface area contributed by atoms with E-state index in [1.807, 2.05) is 41.2 Å². The van der Waals surface area contributed by atoms with Gasteiger partial charge < -0.3 is 10.4 Å². The molecule has 21 heavy (non-hydrogen) atoms. The van der Waals surface area contributed by atoms with Gasteiger partial charge in [0.05, 0.1) is 5.92 Å². The highest BCUT2D eigenvalue weighted by Crippen LogP contribution is 2.15. The van der Waals surface area contributed by atoms with Gasteiger partial charge >= 0.3 is 5.97 Å². The summed E-state index contributed by atoms with van der Waals surface area (Å²) < 4.78 is 1.92. The molecule has 1 unspecified atom stereocenters. The average molecular weight is 287 g/mol. The molecule has 0 radical (unpaired) electrons. The first-order valence-electron chi connectivity index (χ1n) is 7.16. The van der Waals surface area contributed by atoms with Crippen molar-refractivity contribution in [3.63, 3.8) is 0 Å². The minimum absolute atomic E-state index is 0.457. The van der Waals surface area contributed by atoms with Crippen LogP contribution < -0.4 is 5.32 Å². The number of aliphatic carboxylic acids is 1. The van der Waals surface area contributed by atoms with E-state index in [1.54, 1.807) is 13.1 Å². The van der Waals surface area contributed by atoms with E-state index in [4.69, 9.17) is 5.11 Å². The van der Waals surface area contributed by atoms with Crippen LogP contribution in [0, 0.1) is 0 Å². The third-order valence-electron chi connectivity index (χ3n) is 3.48. The van der Waals surface area contributed by atoms with Crippen molar-refractivity contribution in [2.24, 2.45) is 0 Å². The predicted molar refractivity (Wildman–Crippen MR) is 81.0 cm³/mol. The molecule has 0 bridgehead atoms. The van der Waals surface area contributed by atoms with Crippen LogP contribution in [0.1, 0.15) is 30.4 Å². The van der Waals surface area contributed by atoms with E-state index in [-0.39, 0.29) is 0 Å². The van der Waals surface area contributed by atoms with Crippen LogP contribution in [0.3, 0.4) is 0 Å². The van der Waals surface area contributed by atoms with Gasteiger partial charge in [-0.1, -0.05) is 24.3 Å². The average Bonchev–Trinajstić information content (AvgIpc) is 3.00. The van der Waals surface area contributed by atoms with E-state index in [1.165, 1.54) is 0 Å². The monoisotopic (exact) mass is 287 g/mol. The Morgan fingerprint density at radius 2 is 2.14 bits per heavy atom. The molecule has 1 aromatic carbocycles. The molecular weight excluding hydrogens is 266 g/mol. The van der Waals surface area contributed by atoms with Gasteiger partial charge in [-0.2, -0.15) is 5.10 Å². The molecule has 0 amide bonds. The Hall–Kier alpha value is -2.14. The zero-order chi connectivity index (χ0) is 15.1. The lowest BCUT2D eigenvalue weighted by Crippen LogP contribution is -2.16.